The van der Waals surface area contributed by atoms with E-state index in [2.05, 4.69) is 5.32 Å². The van der Waals surface area contributed by atoms with Gasteiger partial charge in [-0.15, -0.1) is 0 Å². The minimum absolute atomic E-state index is 0.156. The van der Waals surface area contributed by atoms with Gasteiger partial charge in [0.1, 0.15) is 0 Å². The van der Waals surface area contributed by atoms with Crippen molar-refractivity contribution in [2.45, 2.75) is 38.1 Å². The Balaban J connectivity index is 1.51. The number of fused-ring (bicyclic) bond motifs is 1. The Labute approximate surface area is 142 Å². The van der Waals surface area contributed by atoms with E-state index in [1.807, 2.05) is 36.2 Å². The zero-order chi connectivity index (χ0) is 16.4. The quantitative estimate of drug-likeness (QED) is 0.920. The van der Waals surface area contributed by atoms with Crippen LogP contribution in [-0.4, -0.2) is 36.3 Å². The Kier molecular flexibility index (Phi) is 4.90. The predicted octanol–water partition coefficient (Wildman–Crippen LogP) is 2.65. The van der Waals surface area contributed by atoms with Crippen LogP contribution >= 0.6 is 11.6 Å². The third kappa shape index (κ3) is 3.86. The molecule has 23 heavy (non-hydrogen) atoms. The summed E-state index contributed by atoms with van der Waals surface area (Å²) in [6.45, 7) is 0.771. The van der Waals surface area contributed by atoms with Crippen molar-refractivity contribution in [2.75, 3.05) is 13.6 Å². The molecule has 2 aliphatic rings. The molecule has 0 aromatic heterocycles. The standard InChI is InChI=1S/C18H23ClN2O2/c1-21(16-8-13-10-17(22)20-11-14(13)9-16)18(23)7-4-12-2-5-15(19)6-3-12/h2-3,5-6,13-14,16H,4,7-11H2,1H3,(H,20,22)/t13-,14+,16-/m1/s1. The normalized spacial score (nSPS) is 26.5. The van der Waals surface area contributed by atoms with Gasteiger partial charge in [0.25, 0.3) is 0 Å². The van der Waals surface area contributed by atoms with Gasteiger partial charge in [-0.2, -0.15) is 0 Å². The molecule has 1 saturated carbocycles. The Hall–Kier alpha value is -1.55. The Morgan fingerprint density at radius 1 is 1.26 bits per heavy atom. The van der Waals surface area contributed by atoms with Gasteiger partial charge in [0.2, 0.25) is 11.8 Å². The largest absolute Gasteiger partial charge is 0.356 e. The number of amides is 2. The van der Waals surface area contributed by atoms with Crippen LogP contribution in [-0.2, 0) is 16.0 Å². The highest BCUT2D eigenvalue weighted by molar-refractivity contribution is 6.30. The van der Waals surface area contributed by atoms with E-state index in [4.69, 9.17) is 11.6 Å². The molecule has 1 aliphatic carbocycles. The lowest BCUT2D eigenvalue weighted by Gasteiger charge is -2.25. The number of hydrogen-bond acceptors (Lipinski definition) is 2. The fourth-order valence-corrected chi connectivity index (χ4v) is 3.96. The van der Waals surface area contributed by atoms with Gasteiger partial charge in [0.05, 0.1) is 0 Å². The molecule has 1 aliphatic heterocycles. The molecular formula is C18H23ClN2O2. The van der Waals surface area contributed by atoms with Gasteiger partial charge >= 0.3 is 0 Å². The number of nitrogens with zero attached hydrogens (tertiary/aromatic N) is 1. The molecule has 2 amide bonds. The van der Waals surface area contributed by atoms with E-state index in [-0.39, 0.29) is 17.9 Å². The first-order valence-corrected chi connectivity index (χ1v) is 8.67. The van der Waals surface area contributed by atoms with Crippen LogP contribution in [0.2, 0.25) is 5.02 Å². The van der Waals surface area contributed by atoms with E-state index in [0.29, 0.717) is 29.7 Å². The van der Waals surface area contributed by atoms with E-state index >= 15 is 0 Å². The first-order valence-electron chi connectivity index (χ1n) is 8.29. The highest BCUT2D eigenvalue weighted by Crippen LogP contribution is 2.38. The maximum atomic E-state index is 12.5. The van der Waals surface area contributed by atoms with Crippen molar-refractivity contribution in [3.63, 3.8) is 0 Å². The molecule has 1 saturated heterocycles. The van der Waals surface area contributed by atoms with Gasteiger partial charge in [0.15, 0.2) is 0 Å². The summed E-state index contributed by atoms with van der Waals surface area (Å²) < 4.78 is 0. The maximum Gasteiger partial charge on any atom is 0.222 e. The molecule has 0 spiro atoms. The molecule has 124 valence electrons. The fraction of sp³-hybridized carbons (Fsp3) is 0.556. The average Bonchev–Trinajstić information content (AvgIpc) is 2.96. The molecule has 3 atom stereocenters. The van der Waals surface area contributed by atoms with Crippen LogP contribution in [0.5, 0.6) is 0 Å². The third-order valence-corrected chi connectivity index (χ3v) is 5.56. The smallest absolute Gasteiger partial charge is 0.222 e. The van der Waals surface area contributed by atoms with E-state index in [0.717, 1.165) is 31.4 Å². The van der Waals surface area contributed by atoms with E-state index < -0.39 is 0 Å². The van der Waals surface area contributed by atoms with Crippen molar-refractivity contribution in [1.82, 2.24) is 10.2 Å². The zero-order valence-corrected chi connectivity index (χ0v) is 14.2. The van der Waals surface area contributed by atoms with Crippen LogP contribution in [0.1, 0.15) is 31.2 Å². The number of carbonyl (C=O) groups is 2. The third-order valence-electron chi connectivity index (χ3n) is 5.31. The molecule has 4 nitrogen and oxygen atoms in total. The first-order chi connectivity index (χ1) is 11.0. The van der Waals surface area contributed by atoms with Crippen molar-refractivity contribution >= 4 is 23.4 Å². The monoisotopic (exact) mass is 334 g/mol. The molecule has 2 fully saturated rings. The second kappa shape index (κ2) is 6.91. The van der Waals surface area contributed by atoms with Crippen molar-refractivity contribution < 1.29 is 9.59 Å². The SMILES string of the molecule is CN(C(=O)CCc1ccc(Cl)cc1)[C@H]1C[C@H]2CNC(=O)C[C@H]2C1. The number of hydrogen-bond donors (Lipinski definition) is 1. The minimum Gasteiger partial charge on any atom is -0.356 e. The summed E-state index contributed by atoms with van der Waals surface area (Å²) in [6.07, 6.45) is 3.84. The van der Waals surface area contributed by atoms with Gasteiger partial charge in [-0.3, -0.25) is 9.59 Å². The Bertz CT molecular complexity index is 587. The predicted molar refractivity (Wildman–Crippen MR) is 90.2 cm³/mol. The molecule has 5 heteroatoms. The van der Waals surface area contributed by atoms with Crippen LogP contribution < -0.4 is 5.32 Å². The van der Waals surface area contributed by atoms with Crippen LogP contribution in [0.3, 0.4) is 0 Å². The molecule has 0 unspecified atom stereocenters. The lowest BCUT2D eigenvalue weighted by atomic mass is 9.89. The number of piperidine rings is 1. The van der Waals surface area contributed by atoms with E-state index in [1.54, 1.807) is 0 Å². The molecule has 1 N–H and O–H groups in total. The molecule has 0 radical (unpaired) electrons. The summed E-state index contributed by atoms with van der Waals surface area (Å²) in [5.74, 6) is 1.32. The maximum absolute atomic E-state index is 12.5. The molecular weight excluding hydrogens is 312 g/mol. The number of benzene rings is 1. The number of nitrogens with one attached hydrogen (secondary N) is 1. The van der Waals surface area contributed by atoms with Gasteiger partial charge in [0, 0.05) is 37.5 Å². The molecule has 3 rings (SSSR count). The number of carbonyl (C=O) groups excluding carboxylic acids is 2. The Morgan fingerprint density at radius 3 is 2.70 bits per heavy atom. The van der Waals surface area contributed by atoms with Crippen LogP contribution in [0.4, 0.5) is 0 Å². The van der Waals surface area contributed by atoms with Crippen molar-refractivity contribution in [1.29, 1.82) is 0 Å². The molecule has 1 aromatic carbocycles. The summed E-state index contributed by atoms with van der Waals surface area (Å²) in [4.78, 5) is 25.9. The number of aryl methyl sites for hydroxylation is 1. The van der Waals surface area contributed by atoms with E-state index in [1.165, 1.54) is 0 Å². The summed E-state index contributed by atoms with van der Waals surface area (Å²) >= 11 is 5.88. The van der Waals surface area contributed by atoms with Crippen LogP contribution in [0, 0.1) is 11.8 Å². The van der Waals surface area contributed by atoms with Gasteiger partial charge < -0.3 is 10.2 Å². The summed E-state index contributed by atoms with van der Waals surface area (Å²) in [5, 5.41) is 3.66. The minimum atomic E-state index is 0.156. The molecule has 1 heterocycles. The van der Waals surface area contributed by atoms with Crippen LogP contribution in [0.15, 0.2) is 24.3 Å². The Morgan fingerprint density at radius 2 is 1.96 bits per heavy atom. The highest BCUT2D eigenvalue weighted by atomic mass is 35.5. The van der Waals surface area contributed by atoms with Crippen molar-refractivity contribution in [3.05, 3.63) is 34.9 Å². The van der Waals surface area contributed by atoms with Crippen molar-refractivity contribution in [2.24, 2.45) is 11.8 Å². The number of rotatable bonds is 4. The summed E-state index contributed by atoms with van der Waals surface area (Å²) in [6, 6.07) is 7.93. The number of halogens is 1. The summed E-state index contributed by atoms with van der Waals surface area (Å²) in [5.41, 5.74) is 1.13. The topological polar surface area (TPSA) is 49.4 Å². The first kappa shape index (κ1) is 16.3. The van der Waals surface area contributed by atoms with Crippen molar-refractivity contribution in [3.8, 4) is 0 Å². The zero-order valence-electron chi connectivity index (χ0n) is 13.4. The van der Waals surface area contributed by atoms with Gasteiger partial charge in [-0.05, 0) is 48.8 Å². The molecule has 1 aromatic rings. The summed E-state index contributed by atoms with van der Waals surface area (Å²) in [7, 11) is 1.90. The second-order valence-electron chi connectivity index (χ2n) is 6.78. The molecule has 0 bridgehead atoms. The lowest BCUT2D eigenvalue weighted by molar-refractivity contribution is -0.131. The lowest BCUT2D eigenvalue weighted by Crippen LogP contribution is -2.38. The fourth-order valence-electron chi connectivity index (χ4n) is 3.83. The highest BCUT2D eigenvalue weighted by Gasteiger charge is 2.40. The van der Waals surface area contributed by atoms with Crippen LogP contribution in [0.25, 0.3) is 0 Å². The average molecular weight is 335 g/mol. The second-order valence-corrected chi connectivity index (χ2v) is 7.22. The van der Waals surface area contributed by atoms with Gasteiger partial charge in [-0.1, -0.05) is 23.7 Å². The van der Waals surface area contributed by atoms with E-state index in [9.17, 15) is 9.59 Å². The van der Waals surface area contributed by atoms with Gasteiger partial charge in [-0.25, -0.2) is 0 Å².